The van der Waals surface area contributed by atoms with Gasteiger partial charge in [0.25, 0.3) is 0 Å². The summed E-state index contributed by atoms with van der Waals surface area (Å²) < 4.78 is 28.7. The zero-order valence-corrected chi connectivity index (χ0v) is 17.0. The Balaban J connectivity index is 1.58. The van der Waals surface area contributed by atoms with E-state index in [0.717, 1.165) is 63.6 Å². The number of urea groups is 1. The first-order chi connectivity index (χ1) is 12.9. The molecule has 0 atom stereocenters. The Morgan fingerprint density at radius 1 is 1.04 bits per heavy atom. The average Bonchev–Trinajstić information content (AvgIpc) is 3.22. The summed E-state index contributed by atoms with van der Waals surface area (Å²) in [7, 11) is 0.103. The van der Waals surface area contributed by atoms with Crippen molar-refractivity contribution in [1.82, 2.24) is 14.3 Å². The lowest BCUT2D eigenvalue weighted by molar-refractivity contribution is 0.256. The van der Waals surface area contributed by atoms with Gasteiger partial charge in [0.2, 0.25) is 0 Å². The van der Waals surface area contributed by atoms with Crippen molar-refractivity contribution in [3.8, 4) is 0 Å². The third kappa shape index (κ3) is 5.21. The fraction of sp³-hybridized carbons (Fsp3) is 0.632. The van der Waals surface area contributed by atoms with Crippen LogP contribution < -0.4 is 14.8 Å². The van der Waals surface area contributed by atoms with Crippen LogP contribution in [0.15, 0.2) is 6.07 Å². The van der Waals surface area contributed by atoms with Gasteiger partial charge in [0.1, 0.15) is 0 Å². The number of fused-ring (bicyclic) bond motifs is 2. The van der Waals surface area contributed by atoms with E-state index >= 15 is 0 Å². The van der Waals surface area contributed by atoms with Gasteiger partial charge in [-0.1, -0.05) is 6.07 Å². The predicted octanol–water partition coefficient (Wildman–Crippen LogP) is 1.96. The molecule has 2 amide bonds. The third-order valence-electron chi connectivity index (χ3n) is 5.26. The number of unbranched alkanes of at least 4 members (excludes halogenated alkanes) is 1. The Kier molecular flexibility index (Phi) is 6.39. The molecule has 3 rings (SSSR count). The van der Waals surface area contributed by atoms with Gasteiger partial charge in [-0.15, -0.1) is 0 Å². The van der Waals surface area contributed by atoms with Crippen LogP contribution in [0.3, 0.4) is 0 Å². The third-order valence-corrected chi connectivity index (χ3v) is 6.30. The van der Waals surface area contributed by atoms with Gasteiger partial charge in [-0.25, -0.2) is 9.52 Å². The van der Waals surface area contributed by atoms with Gasteiger partial charge in [-0.05, 0) is 94.3 Å². The van der Waals surface area contributed by atoms with E-state index < -0.39 is 16.2 Å². The van der Waals surface area contributed by atoms with Gasteiger partial charge >= 0.3 is 16.2 Å². The summed E-state index contributed by atoms with van der Waals surface area (Å²) in [6, 6.07) is 1.59. The molecule has 0 aliphatic heterocycles. The standard InChI is InChI=1S/C19H30N4O3S/c1-23(2)12-4-3-11-20-27(25,26)22-19(24)21-18-16-9-5-7-14(16)13-15-8-6-10-17(15)18/h13,20H,3-12H2,1-2H3,(H2,21,22,24). The minimum Gasteiger partial charge on any atom is -0.309 e. The van der Waals surface area contributed by atoms with Crippen LogP contribution in [0, 0.1) is 0 Å². The topological polar surface area (TPSA) is 90.5 Å². The minimum atomic E-state index is -3.86. The normalized spacial score (nSPS) is 15.7. The molecule has 1 aromatic rings. The van der Waals surface area contributed by atoms with Crippen LogP contribution in [-0.4, -0.2) is 46.5 Å². The summed E-state index contributed by atoms with van der Waals surface area (Å²) in [6.45, 7) is 1.21. The average molecular weight is 395 g/mol. The summed E-state index contributed by atoms with van der Waals surface area (Å²) in [5.74, 6) is 0. The Hall–Kier alpha value is -1.64. The molecule has 1 aromatic carbocycles. The molecular formula is C19H30N4O3S. The van der Waals surface area contributed by atoms with E-state index in [9.17, 15) is 13.2 Å². The Labute approximate surface area is 162 Å². The van der Waals surface area contributed by atoms with Gasteiger partial charge in [-0.2, -0.15) is 13.1 Å². The molecule has 27 heavy (non-hydrogen) atoms. The first-order valence-corrected chi connectivity index (χ1v) is 11.2. The zero-order valence-electron chi connectivity index (χ0n) is 16.2. The van der Waals surface area contributed by atoms with Crippen molar-refractivity contribution in [2.45, 2.75) is 51.4 Å². The quantitative estimate of drug-likeness (QED) is 0.588. The van der Waals surface area contributed by atoms with Gasteiger partial charge in [0, 0.05) is 12.2 Å². The molecule has 0 fully saturated rings. The lowest BCUT2D eigenvalue weighted by atomic mass is 9.99. The molecule has 3 N–H and O–H groups in total. The van der Waals surface area contributed by atoms with Gasteiger partial charge < -0.3 is 10.2 Å². The monoisotopic (exact) mass is 394 g/mol. The maximum Gasteiger partial charge on any atom is 0.333 e. The second kappa shape index (κ2) is 8.58. The van der Waals surface area contributed by atoms with E-state index in [4.69, 9.17) is 0 Å². The lowest BCUT2D eigenvalue weighted by Gasteiger charge is -2.16. The van der Waals surface area contributed by atoms with E-state index in [1.807, 2.05) is 14.1 Å². The molecule has 8 heteroatoms. The SMILES string of the molecule is CN(C)CCCCNS(=O)(=O)NC(=O)Nc1c2c(cc3c1CCC3)CCC2. The van der Waals surface area contributed by atoms with Crippen LogP contribution in [0.1, 0.15) is 47.9 Å². The van der Waals surface area contributed by atoms with Crippen molar-refractivity contribution in [3.05, 3.63) is 28.3 Å². The van der Waals surface area contributed by atoms with Crippen molar-refractivity contribution in [2.75, 3.05) is 32.5 Å². The van der Waals surface area contributed by atoms with Crippen molar-refractivity contribution in [1.29, 1.82) is 0 Å². The zero-order chi connectivity index (χ0) is 19.4. The van der Waals surface area contributed by atoms with Crippen molar-refractivity contribution < 1.29 is 13.2 Å². The number of anilines is 1. The molecule has 150 valence electrons. The number of hydrogen-bond acceptors (Lipinski definition) is 4. The van der Waals surface area contributed by atoms with Crippen molar-refractivity contribution in [2.24, 2.45) is 0 Å². The number of amides is 2. The smallest absolute Gasteiger partial charge is 0.309 e. The molecule has 2 aliphatic carbocycles. The van der Waals surface area contributed by atoms with Gasteiger partial charge in [0.15, 0.2) is 0 Å². The van der Waals surface area contributed by atoms with Crippen LogP contribution in [-0.2, 0) is 35.9 Å². The summed E-state index contributed by atoms with van der Waals surface area (Å²) >= 11 is 0. The summed E-state index contributed by atoms with van der Waals surface area (Å²) in [5.41, 5.74) is 5.80. The predicted molar refractivity (Wildman–Crippen MR) is 107 cm³/mol. The molecule has 0 saturated heterocycles. The Morgan fingerprint density at radius 3 is 2.26 bits per heavy atom. The number of carbonyl (C=O) groups is 1. The van der Waals surface area contributed by atoms with E-state index in [2.05, 4.69) is 25.7 Å². The minimum absolute atomic E-state index is 0.312. The second-order valence-corrected chi connectivity index (χ2v) is 9.20. The largest absolute Gasteiger partial charge is 0.333 e. The lowest BCUT2D eigenvalue weighted by Crippen LogP contribution is -2.43. The maximum absolute atomic E-state index is 12.4. The fourth-order valence-electron chi connectivity index (χ4n) is 4.02. The van der Waals surface area contributed by atoms with Crippen LogP contribution in [0.4, 0.5) is 10.5 Å². The molecule has 0 saturated carbocycles. The molecule has 0 spiro atoms. The Bertz CT molecular complexity index is 773. The molecule has 7 nitrogen and oxygen atoms in total. The molecule has 0 unspecified atom stereocenters. The van der Waals surface area contributed by atoms with E-state index in [-0.39, 0.29) is 0 Å². The second-order valence-electron chi connectivity index (χ2n) is 7.70. The number of carbonyl (C=O) groups excluding carboxylic acids is 1. The Morgan fingerprint density at radius 2 is 1.67 bits per heavy atom. The molecule has 0 radical (unpaired) electrons. The van der Waals surface area contributed by atoms with Crippen molar-refractivity contribution >= 4 is 21.9 Å². The number of nitrogens with zero attached hydrogens (tertiary/aromatic N) is 1. The number of nitrogens with one attached hydrogen (secondary N) is 3. The van der Waals surface area contributed by atoms with Crippen LogP contribution >= 0.6 is 0 Å². The van der Waals surface area contributed by atoms with Crippen LogP contribution in [0.5, 0.6) is 0 Å². The number of aryl methyl sites for hydroxylation is 2. The van der Waals surface area contributed by atoms with E-state index in [1.54, 1.807) is 0 Å². The highest BCUT2D eigenvalue weighted by Crippen LogP contribution is 2.38. The summed E-state index contributed by atoms with van der Waals surface area (Å²) in [5, 5.41) is 2.84. The highest BCUT2D eigenvalue weighted by Gasteiger charge is 2.25. The number of hydrogen-bond donors (Lipinski definition) is 3. The van der Waals surface area contributed by atoms with E-state index in [0.29, 0.717) is 6.54 Å². The first kappa shape index (κ1) is 20.1. The summed E-state index contributed by atoms with van der Waals surface area (Å²) in [6.07, 6.45) is 7.73. The van der Waals surface area contributed by atoms with Crippen molar-refractivity contribution in [3.63, 3.8) is 0 Å². The molecule has 0 bridgehead atoms. The molecule has 2 aliphatic rings. The highest BCUT2D eigenvalue weighted by atomic mass is 32.2. The fourth-order valence-corrected chi connectivity index (χ4v) is 4.80. The van der Waals surface area contributed by atoms with E-state index in [1.165, 1.54) is 22.3 Å². The van der Waals surface area contributed by atoms with Crippen LogP contribution in [0.25, 0.3) is 0 Å². The van der Waals surface area contributed by atoms with Gasteiger partial charge in [-0.3, -0.25) is 0 Å². The summed E-state index contributed by atoms with van der Waals surface area (Å²) in [4.78, 5) is 14.4. The van der Waals surface area contributed by atoms with Crippen LogP contribution in [0.2, 0.25) is 0 Å². The number of benzene rings is 1. The highest BCUT2D eigenvalue weighted by molar-refractivity contribution is 7.88. The molecule has 0 aromatic heterocycles. The number of rotatable bonds is 8. The first-order valence-electron chi connectivity index (χ1n) is 9.75. The molecule has 0 heterocycles. The van der Waals surface area contributed by atoms with Gasteiger partial charge in [0.05, 0.1) is 0 Å². The molecular weight excluding hydrogens is 364 g/mol. The maximum atomic E-state index is 12.4.